The summed E-state index contributed by atoms with van der Waals surface area (Å²) >= 11 is 0. The molecule has 1 aromatic carbocycles. The Labute approximate surface area is 192 Å². The average molecular weight is 502 g/mol. The van der Waals surface area contributed by atoms with E-state index in [1.807, 2.05) is 0 Å². The molecule has 3 unspecified atom stereocenters. The van der Waals surface area contributed by atoms with E-state index in [0.717, 1.165) is 6.92 Å². The van der Waals surface area contributed by atoms with E-state index in [-0.39, 0.29) is 42.0 Å². The molecule has 1 aliphatic carbocycles. The fraction of sp³-hybridized carbons (Fsp3) is 0.429. The Morgan fingerprint density at radius 1 is 1.26 bits per heavy atom. The summed E-state index contributed by atoms with van der Waals surface area (Å²) in [5, 5.41) is 3.46. The van der Waals surface area contributed by atoms with Gasteiger partial charge in [0.15, 0.2) is 11.9 Å². The Morgan fingerprint density at radius 2 is 2.03 bits per heavy atom. The standard InChI is InChI=1S/C21H16F6N4O4/c1-10(20(22,23)24)34-14-3-2-11(15-28-4-5-33-15)6-13(14)16(32)31-8-12-7-19(12,9-31)17-29-18(35-30-17)21(25,26)27/h2-6,10,12H,7-9H2,1H3. The van der Waals surface area contributed by atoms with Crippen molar-refractivity contribution in [3.8, 4) is 17.2 Å². The van der Waals surface area contributed by atoms with Crippen LogP contribution < -0.4 is 4.74 Å². The Bertz CT molecular complexity index is 1260. The van der Waals surface area contributed by atoms with Gasteiger partial charge in [-0.3, -0.25) is 4.79 Å². The van der Waals surface area contributed by atoms with E-state index >= 15 is 0 Å². The van der Waals surface area contributed by atoms with Gasteiger partial charge in [0.2, 0.25) is 5.89 Å². The van der Waals surface area contributed by atoms with E-state index < -0.39 is 35.7 Å². The van der Waals surface area contributed by atoms with Crippen molar-refractivity contribution in [1.82, 2.24) is 20.0 Å². The summed E-state index contributed by atoms with van der Waals surface area (Å²) in [6.45, 7) is 0.946. The summed E-state index contributed by atoms with van der Waals surface area (Å²) in [5.74, 6) is -2.66. The molecule has 14 heteroatoms. The first-order valence-corrected chi connectivity index (χ1v) is 10.4. The van der Waals surface area contributed by atoms with Crippen LogP contribution in [0.2, 0.25) is 0 Å². The number of carbonyl (C=O) groups is 1. The number of carbonyl (C=O) groups excluding carboxylic acids is 1. The summed E-state index contributed by atoms with van der Waals surface area (Å²) < 4.78 is 92.5. The molecular weight excluding hydrogens is 486 g/mol. The van der Waals surface area contributed by atoms with Gasteiger partial charge in [0, 0.05) is 18.7 Å². The van der Waals surface area contributed by atoms with E-state index in [2.05, 4.69) is 19.6 Å². The SMILES string of the molecule is CC(Oc1ccc(-c2ncco2)cc1C(=O)N1CC2CC2(c2noc(C(F)(F)F)n2)C1)C(F)(F)F. The number of benzene rings is 1. The molecular formula is C21H16F6N4O4. The predicted octanol–water partition coefficient (Wildman–Crippen LogP) is 4.49. The monoisotopic (exact) mass is 502 g/mol. The second kappa shape index (κ2) is 7.71. The lowest BCUT2D eigenvalue weighted by atomic mass is 10.1. The van der Waals surface area contributed by atoms with Gasteiger partial charge in [-0.1, -0.05) is 5.16 Å². The number of hydrogen-bond donors (Lipinski definition) is 0. The van der Waals surface area contributed by atoms with Crippen LogP contribution in [0.25, 0.3) is 11.5 Å². The van der Waals surface area contributed by atoms with Gasteiger partial charge >= 0.3 is 18.2 Å². The van der Waals surface area contributed by atoms with Gasteiger partial charge < -0.3 is 18.6 Å². The Hall–Kier alpha value is -3.58. The van der Waals surface area contributed by atoms with Crippen LogP contribution in [-0.2, 0) is 11.6 Å². The molecule has 0 N–H and O–H groups in total. The van der Waals surface area contributed by atoms with Crippen molar-refractivity contribution in [1.29, 1.82) is 0 Å². The van der Waals surface area contributed by atoms with Gasteiger partial charge in [-0.2, -0.15) is 31.3 Å². The first-order valence-electron chi connectivity index (χ1n) is 10.4. The van der Waals surface area contributed by atoms with Crippen molar-refractivity contribution in [2.75, 3.05) is 13.1 Å². The zero-order valence-electron chi connectivity index (χ0n) is 17.9. The van der Waals surface area contributed by atoms with Crippen LogP contribution in [0.15, 0.2) is 39.6 Å². The molecule has 0 spiro atoms. The molecule has 3 heterocycles. The van der Waals surface area contributed by atoms with Gasteiger partial charge in [-0.25, -0.2) is 4.98 Å². The van der Waals surface area contributed by atoms with Crippen molar-refractivity contribution in [3.63, 3.8) is 0 Å². The summed E-state index contributed by atoms with van der Waals surface area (Å²) in [6, 6.07) is 3.93. The number of aromatic nitrogens is 3. The van der Waals surface area contributed by atoms with E-state index in [4.69, 9.17) is 9.15 Å². The zero-order valence-corrected chi connectivity index (χ0v) is 17.9. The number of alkyl halides is 6. The molecule has 5 rings (SSSR count). The lowest BCUT2D eigenvalue weighted by Gasteiger charge is -2.24. The topological polar surface area (TPSA) is 94.5 Å². The van der Waals surface area contributed by atoms with E-state index in [1.165, 1.54) is 35.6 Å². The molecule has 3 aromatic rings. The van der Waals surface area contributed by atoms with Crippen LogP contribution in [0.3, 0.4) is 0 Å². The largest absolute Gasteiger partial charge is 0.480 e. The number of likely N-dealkylation sites (tertiary alicyclic amines) is 1. The van der Waals surface area contributed by atoms with Crippen molar-refractivity contribution in [2.24, 2.45) is 5.92 Å². The van der Waals surface area contributed by atoms with E-state index in [9.17, 15) is 31.1 Å². The minimum Gasteiger partial charge on any atom is -0.480 e. The van der Waals surface area contributed by atoms with Crippen LogP contribution in [0, 0.1) is 5.92 Å². The maximum absolute atomic E-state index is 13.4. The third kappa shape index (κ3) is 4.10. The number of hydrogen-bond acceptors (Lipinski definition) is 7. The number of nitrogens with zero attached hydrogens (tertiary/aromatic N) is 4. The minimum absolute atomic E-state index is 0.0230. The van der Waals surface area contributed by atoms with Crippen LogP contribution in [0.4, 0.5) is 26.3 Å². The van der Waals surface area contributed by atoms with Crippen molar-refractivity contribution in [3.05, 3.63) is 47.9 Å². The fourth-order valence-corrected chi connectivity index (χ4v) is 4.25. The first kappa shape index (κ1) is 23.2. The maximum atomic E-state index is 13.4. The van der Waals surface area contributed by atoms with Gasteiger partial charge in [0.25, 0.3) is 5.91 Å². The van der Waals surface area contributed by atoms with Gasteiger partial charge in [-0.15, -0.1) is 0 Å². The minimum atomic E-state index is -4.80. The molecule has 2 aromatic heterocycles. The molecule has 0 radical (unpaired) electrons. The lowest BCUT2D eigenvalue weighted by molar-refractivity contribution is -0.189. The maximum Gasteiger partial charge on any atom is 0.471 e. The summed E-state index contributed by atoms with van der Waals surface area (Å²) in [7, 11) is 0. The van der Waals surface area contributed by atoms with Gasteiger partial charge in [0.05, 0.1) is 17.2 Å². The molecule has 2 aliphatic rings. The van der Waals surface area contributed by atoms with E-state index in [1.54, 1.807) is 0 Å². The number of amides is 1. The quantitative estimate of drug-likeness (QED) is 0.475. The molecule has 1 saturated carbocycles. The number of fused-ring (bicyclic) bond motifs is 1. The normalized spacial score (nSPS) is 22.7. The molecule has 1 saturated heterocycles. The highest BCUT2D eigenvalue weighted by atomic mass is 19.4. The molecule has 0 bridgehead atoms. The number of oxazole rings is 1. The van der Waals surface area contributed by atoms with Gasteiger partial charge in [0.1, 0.15) is 12.0 Å². The summed E-state index contributed by atoms with van der Waals surface area (Å²) in [4.78, 5) is 22.2. The molecule has 1 amide bonds. The van der Waals surface area contributed by atoms with Crippen LogP contribution in [0.5, 0.6) is 5.75 Å². The van der Waals surface area contributed by atoms with Crippen LogP contribution in [-0.4, -0.2) is 51.3 Å². The van der Waals surface area contributed by atoms with Gasteiger partial charge in [-0.05, 0) is 37.5 Å². The number of piperidine rings is 1. The van der Waals surface area contributed by atoms with Crippen molar-refractivity contribution >= 4 is 5.91 Å². The predicted molar refractivity (Wildman–Crippen MR) is 103 cm³/mol. The lowest BCUT2D eigenvalue weighted by Crippen LogP contribution is -2.35. The molecule has 186 valence electrons. The summed E-state index contributed by atoms with van der Waals surface area (Å²) in [5.41, 5.74) is -0.738. The molecule has 8 nitrogen and oxygen atoms in total. The highest BCUT2D eigenvalue weighted by Crippen LogP contribution is 2.58. The smallest absolute Gasteiger partial charge is 0.471 e. The third-order valence-electron chi connectivity index (χ3n) is 6.20. The molecule has 2 fully saturated rings. The highest BCUT2D eigenvalue weighted by Gasteiger charge is 2.65. The number of rotatable bonds is 5. The number of ether oxygens (including phenoxy) is 1. The molecule has 3 atom stereocenters. The van der Waals surface area contributed by atoms with Crippen LogP contribution >= 0.6 is 0 Å². The number of halogens is 6. The van der Waals surface area contributed by atoms with E-state index in [0.29, 0.717) is 12.0 Å². The molecule has 35 heavy (non-hydrogen) atoms. The second-order valence-corrected chi connectivity index (χ2v) is 8.51. The summed E-state index contributed by atoms with van der Waals surface area (Å²) in [6.07, 6.45) is -8.55. The highest BCUT2D eigenvalue weighted by molar-refractivity contribution is 5.98. The third-order valence-corrected chi connectivity index (χ3v) is 6.20. The first-order chi connectivity index (χ1) is 16.4. The zero-order chi connectivity index (χ0) is 25.2. The van der Waals surface area contributed by atoms with Crippen molar-refractivity contribution < 1.29 is 44.8 Å². The second-order valence-electron chi connectivity index (χ2n) is 8.51. The molecule has 1 aliphatic heterocycles. The average Bonchev–Trinajstić information content (AvgIpc) is 3.30. The van der Waals surface area contributed by atoms with Crippen LogP contribution in [0.1, 0.15) is 35.4 Å². The van der Waals surface area contributed by atoms with Crippen molar-refractivity contribution in [2.45, 2.75) is 37.2 Å². The Morgan fingerprint density at radius 3 is 2.66 bits per heavy atom. The Balaban J connectivity index is 1.43. The fourth-order valence-electron chi connectivity index (χ4n) is 4.25. The Kier molecular flexibility index (Phi) is 5.11.